The van der Waals surface area contributed by atoms with Gasteiger partial charge in [-0.15, -0.1) is 0 Å². The summed E-state index contributed by atoms with van der Waals surface area (Å²) in [6.07, 6.45) is 4.57. The van der Waals surface area contributed by atoms with Crippen molar-refractivity contribution in [2.24, 2.45) is 5.41 Å². The SMILES string of the molecule is CN1CCC(NC(=O)NCC2(C(=O)O)CCCCC2)C1=O. The lowest BCUT2D eigenvalue weighted by Crippen LogP contribution is -2.50. The Bertz CT molecular complexity index is 432. The zero-order valence-electron chi connectivity index (χ0n) is 12.4. The normalized spacial score (nSPS) is 24.7. The minimum atomic E-state index is -0.855. The lowest BCUT2D eigenvalue weighted by molar-refractivity contribution is -0.150. The van der Waals surface area contributed by atoms with E-state index in [0.717, 1.165) is 19.3 Å². The fourth-order valence-corrected chi connectivity index (χ4v) is 3.11. The van der Waals surface area contributed by atoms with Gasteiger partial charge < -0.3 is 20.6 Å². The van der Waals surface area contributed by atoms with Crippen LogP contribution in [-0.4, -0.2) is 54.1 Å². The molecule has 2 aliphatic rings. The van der Waals surface area contributed by atoms with Crippen LogP contribution in [0.25, 0.3) is 0 Å². The van der Waals surface area contributed by atoms with E-state index in [1.54, 1.807) is 11.9 Å². The van der Waals surface area contributed by atoms with Gasteiger partial charge in [0.25, 0.3) is 0 Å². The molecule has 0 radical (unpaired) electrons. The van der Waals surface area contributed by atoms with E-state index in [9.17, 15) is 19.5 Å². The Morgan fingerprint density at radius 2 is 2.00 bits per heavy atom. The summed E-state index contributed by atoms with van der Waals surface area (Å²) < 4.78 is 0. The molecular formula is C14H23N3O4. The number of nitrogens with zero attached hydrogens (tertiary/aromatic N) is 1. The predicted octanol–water partition coefficient (Wildman–Crippen LogP) is 0.551. The van der Waals surface area contributed by atoms with Crippen LogP contribution < -0.4 is 10.6 Å². The molecule has 3 N–H and O–H groups in total. The van der Waals surface area contributed by atoms with E-state index in [1.807, 2.05) is 0 Å². The molecule has 1 aliphatic carbocycles. The number of carboxylic acids is 1. The van der Waals surface area contributed by atoms with Gasteiger partial charge in [0.1, 0.15) is 6.04 Å². The summed E-state index contributed by atoms with van der Waals surface area (Å²) in [4.78, 5) is 36.7. The average molecular weight is 297 g/mol. The van der Waals surface area contributed by atoms with Gasteiger partial charge in [0.05, 0.1) is 5.41 Å². The Hall–Kier alpha value is -1.79. The van der Waals surface area contributed by atoms with Gasteiger partial charge in [-0.25, -0.2) is 4.79 Å². The highest BCUT2D eigenvalue weighted by Crippen LogP contribution is 2.35. The first-order chi connectivity index (χ1) is 9.94. The van der Waals surface area contributed by atoms with E-state index in [0.29, 0.717) is 25.8 Å². The lowest BCUT2D eigenvalue weighted by Gasteiger charge is -2.33. The predicted molar refractivity (Wildman–Crippen MR) is 75.7 cm³/mol. The first kappa shape index (κ1) is 15.6. The molecule has 1 aliphatic heterocycles. The number of likely N-dealkylation sites (tertiary alicyclic amines) is 1. The molecule has 2 fully saturated rings. The average Bonchev–Trinajstić information content (AvgIpc) is 2.78. The van der Waals surface area contributed by atoms with Crippen molar-refractivity contribution in [3.63, 3.8) is 0 Å². The highest BCUT2D eigenvalue weighted by Gasteiger charge is 2.40. The molecule has 1 unspecified atom stereocenters. The molecule has 7 nitrogen and oxygen atoms in total. The summed E-state index contributed by atoms with van der Waals surface area (Å²) in [6.45, 7) is 0.744. The third-order valence-corrected chi connectivity index (χ3v) is 4.58. The number of carbonyl (C=O) groups is 3. The number of nitrogens with one attached hydrogen (secondary N) is 2. The van der Waals surface area contributed by atoms with Crippen LogP contribution in [0.3, 0.4) is 0 Å². The molecule has 3 amide bonds. The molecule has 118 valence electrons. The third kappa shape index (κ3) is 3.46. The van der Waals surface area contributed by atoms with E-state index >= 15 is 0 Å². The maximum absolute atomic E-state index is 11.9. The number of amides is 3. The second-order valence-electron chi connectivity index (χ2n) is 6.07. The second-order valence-corrected chi connectivity index (χ2v) is 6.07. The Morgan fingerprint density at radius 1 is 1.33 bits per heavy atom. The van der Waals surface area contributed by atoms with Gasteiger partial charge in [0.2, 0.25) is 5.91 Å². The first-order valence-electron chi connectivity index (χ1n) is 7.47. The third-order valence-electron chi connectivity index (χ3n) is 4.58. The van der Waals surface area contributed by atoms with Crippen LogP contribution in [0.4, 0.5) is 4.79 Å². The summed E-state index contributed by atoms with van der Waals surface area (Å²) in [7, 11) is 1.70. The molecule has 2 rings (SSSR count). The number of carboxylic acid groups (broad SMARTS) is 1. The van der Waals surface area contributed by atoms with E-state index in [4.69, 9.17) is 0 Å². The van der Waals surface area contributed by atoms with Gasteiger partial charge in [-0.2, -0.15) is 0 Å². The number of hydrogen-bond donors (Lipinski definition) is 3. The maximum Gasteiger partial charge on any atom is 0.315 e. The summed E-state index contributed by atoms with van der Waals surface area (Å²) in [5, 5.41) is 14.7. The lowest BCUT2D eigenvalue weighted by atomic mass is 9.74. The van der Waals surface area contributed by atoms with Gasteiger partial charge >= 0.3 is 12.0 Å². The van der Waals surface area contributed by atoms with Crippen molar-refractivity contribution in [1.29, 1.82) is 0 Å². The van der Waals surface area contributed by atoms with E-state index < -0.39 is 23.5 Å². The first-order valence-corrected chi connectivity index (χ1v) is 7.47. The quantitative estimate of drug-likeness (QED) is 0.705. The Morgan fingerprint density at radius 3 is 2.52 bits per heavy atom. The van der Waals surface area contributed by atoms with E-state index in [2.05, 4.69) is 10.6 Å². The molecule has 1 atom stereocenters. The highest BCUT2D eigenvalue weighted by molar-refractivity contribution is 5.88. The molecule has 0 aromatic carbocycles. The van der Waals surface area contributed by atoms with Gasteiger partial charge in [-0.1, -0.05) is 19.3 Å². The molecule has 0 aromatic heterocycles. The summed E-state index contributed by atoms with van der Waals surface area (Å²) in [5.41, 5.74) is -0.855. The summed E-state index contributed by atoms with van der Waals surface area (Å²) in [6, 6.07) is -0.961. The van der Waals surface area contributed by atoms with Crippen LogP contribution in [0.1, 0.15) is 38.5 Å². The number of carbonyl (C=O) groups excluding carboxylic acids is 2. The van der Waals surface area contributed by atoms with Crippen LogP contribution in [0.15, 0.2) is 0 Å². The summed E-state index contributed by atoms with van der Waals surface area (Å²) in [5.74, 6) is -0.949. The second kappa shape index (κ2) is 6.32. The van der Waals surface area contributed by atoms with Crippen LogP contribution in [0, 0.1) is 5.41 Å². The molecule has 0 bridgehead atoms. The molecular weight excluding hydrogens is 274 g/mol. The van der Waals surface area contributed by atoms with Crippen molar-refractivity contribution in [1.82, 2.24) is 15.5 Å². The Kier molecular flexibility index (Phi) is 4.69. The van der Waals surface area contributed by atoms with Gasteiger partial charge in [-0.05, 0) is 19.3 Å². The van der Waals surface area contributed by atoms with Crippen LogP contribution >= 0.6 is 0 Å². The monoisotopic (exact) mass is 297 g/mol. The van der Waals surface area contributed by atoms with Gasteiger partial charge in [-0.3, -0.25) is 9.59 Å². The van der Waals surface area contributed by atoms with Crippen molar-refractivity contribution >= 4 is 17.9 Å². The Balaban J connectivity index is 1.85. The molecule has 1 saturated heterocycles. The minimum absolute atomic E-state index is 0.101. The van der Waals surface area contributed by atoms with Crippen molar-refractivity contribution in [3.8, 4) is 0 Å². The zero-order chi connectivity index (χ0) is 15.5. The van der Waals surface area contributed by atoms with Crippen molar-refractivity contribution in [2.45, 2.75) is 44.6 Å². The fraction of sp³-hybridized carbons (Fsp3) is 0.786. The van der Waals surface area contributed by atoms with Crippen molar-refractivity contribution in [3.05, 3.63) is 0 Å². The van der Waals surface area contributed by atoms with Crippen molar-refractivity contribution < 1.29 is 19.5 Å². The molecule has 1 heterocycles. The standard InChI is InChI=1S/C14H23N3O4/c1-17-8-5-10(11(17)18)16-13(21)15-9-14(12(19)20)6-3-2-4-7-14/h10H,2-9H2,1H3,(H,19,20)(H2,15,16,21). The smallest absolute Gasteiger partial charge is 0.315 e. The fourth-order valence-electron chi connectivity index (χ4n) is 3.11. The zero-order valence-corrected chi connectivity index (χ0v) is 12.4. The largest absolute Gasteiger partial charge is 0.481 e. The number of aliphatic carboxylic acids is 1. The van der Waals surface area contributed by atoms with Crippen molar-refractivity contribution in [2.75, 3.05) is 20.1 Å². The maximum atomic E-state index is 11.9. The Labute approximate surface area is 124 Å². The van der Waals surface area contributed by atoms with Crippen LogP contribution in [-0.2, 0) is 9.59 Å². The molecule has 7 heteroatoms. The van der Waals surface area contributed by atoms with E-state index in [-0.39, 0.29) is 12.5 Å². The van der Waals surface area contributed by atoms with Gasteiger partial charge in [0, 0.05) is 20.1 Å². The van der Waals surface area contributed by atoms with E-state index in [1.165, 1.54) is 0 Å². The number of rotatable bonds is 4. The number of urea groups is 1. The number of hydrogen-bond acceptors (Lipinski definition) is 3. The highest BCUT2D eigenvalue weighted by atomic mass is 16.4. The molecule has 1 saturated carbocycles. The van der Waals surface area contributed by atoms with Crippen LogP contribution in [0.2, 0.25) is 0 Å². The minimum Gasteiger partial charge on any atom is -0.481 e. The van der Waals surface area contributed by atoms with Gasteiger partial charge in [0.15, 0.2) is 0 Å². The topological polar surface area (TPSA) is 98.7 Å². The molecule has 21 heavy (non-hydrogen) atoms. The van der Waals surface area contributed by atoms with Crippen LogP contribution in [0.5, 0.6) is 0 Å². The summed E-state index contributed by atoms with van der Waals surface area (Å²) >= 11 is 0. The number of likely N-dealkylation sites (N-methyl/N-ethyl adjacent to an activating group) is 1. The molecule has 0 spiro atoms. The molecule has 0 aromatic rings.